The van der Waals surface area contributed by atoms with Gasteiger partial charge in [-0.2, -0.15) is 0 Å². The Morgan fingerprint density at radius 1 is 1.04 bits per heavy atom. The third kappa shape index (κ3) is 4.12. The Balaban J connectivity index is 2.43. The molecule has 0 fully saturated rings. The molecule has 0 unspecified atom stereocenters. The van der Waals surface area contributed by atoms with Crippen LogP contribution in [0, 0.1) is 0 Å². The highest BCUT2D eigenvalue weighted by Crippen LogP contribution is 2.37. The topological polar surface area (TPSA) is 81.7 Å². The van der Waals surface area contributed by atoms with E-state index in [9.17, 15) is 13.2 Å². The number of halogens is 3. The summed E-state index contributed by atoms with van der Waals surface area (Å²) < 4.78 is 37.0. The number of sulfonamides is 1. The maximum absolute atomic E-state index is 12.6. The summed E-state index contributed by atoms with van der Waals surface area (Å²) in [5.74, 6) is -0.457. The Hall–Kier alpha value is -1.67. The fourth-order valence-electron chi connectivity index (χ4n) is 1.94. The van der Waals surface area contributed by atoms with Crippen LogP contribution in [0.25, 0.3) is 0 Å². The first kappa shape index (κ1) is 19.7. The summed E-state index contributed by atoms with van der Waals surface area (Å²) in [6.45, 7) is 0. The number of hydrogen-bond donors (Lipinski definition) is 1. The largest absolute Gasteiger partial charge is 0.495 e. The highest BCUT2D eigenvalue weighted by atomic mass is 35.5. The maximum atomic E-state index is 12.6. The van der Waals surface area contributed by atoms with E-state index in [4.69, 9.17) is 39.5 Å². The quantitative estimate of drug-likeness (QED) is 0.726. The second-order valence-electron chi connectivity index (χ2n) is 4.69. The standard InChI is InChI=1S/C15H12Cl3NO5S/c1-23-11-5-6-12(14(18)13(11)17)25(21,22)19-8-3-4-10(16)9(7-8)15(20)24-2/h3-7,19H,1-2H3. The summed E-state index contributed by atoms with van der Waals surface area (Å²) >= 11 is 17.9. The van der Waals surface area contributed by atoms with Gasteiger partial charge in [0, 0.05) is 5.69 Å². The number of nitrogens with one attached hydrogen (secondary N) is 1. The second kappa shape index (κ2) is 7.70. The van der Waals surface area contributed by atoms with Gasteiger partial charge < -0.3 is 9.47 Å². The molecule has 0 aliphatic rings. The van der Waals surface area contributed by atoms with Crippen molar-refractivity contribution in [3.63, 3.8) is 0 Å². The average Bonchev–Trinajstić information content (AvgIpc) is 2.57. The lowest BCUT2D eigenvalue weighted by atomic mass is 10.2. The first-order valence-electron chi connectivity index (χ1n) is 6.64. The monoisotopic (exact) mass is 423 g/mol. The molecule has 2 aromatic rings. The van der Waals surface area contributed by atoms with Crippen LogP contribution in [0.3, 0.4) is 0 Å². The van der Waals surface area contributed by atoms with E-state index in [1.54, 1.807) is 0 Å². The van der Waals surface area contributed by atoms with Gasteiger partial charge in [0.2, 0.25) is 0 Å². The molecule has 0 saturated carbocycles. The van der Waals surface area contributed by atoms with E-state index in [1.165, 1.54) is 44.6 Å². The first-order valence-corrected chi connectivity index (χ1v) is 9.25. The van der Waals surface area contributed by atoms with E-state index in [1.807, 2.05) is 0 Å². The van der Waals surface area contributed by atoms with Crippen molar-refractivity contribution >= 4 is 56.5 Å². The number of benzene rings is 2. The van der Waals surface area contributed by atoms with Crippen molar-refractivity contribution < 1.29 is 22.7 Å². The number of methoxy groups -OCH3 is 2. The molecule has 0 heterocycles. The highest BCUT2D eigenvalue weighted by Gasteiger charge is 2.23. The van der Waals surface area contributed by atoms with Crippen LogP contribution in [-0.2, 0) is 14.8 Å². The number of esters is 1. The highest BCUT2D eigenvalue weighted by molar-refractivity contribution is 7.92. The minimum atomic E-state index is -4.07. The van der Waals surface area contributed by atoms with E-state index in [-0.39, 0.29) is 37.0 Å². The lowest BCUT2D eigenvalue weighted by Crippen LogP contribution is -2.14. The average molecular weight is 425 g/mol. The number of anilines is 1. The van der Waals surface area contributed by atoms with Gasteiger partial charge in [0.15, 0.2) is 0 Å². The van der Waals surface area contributed by atoms with Crippen LogP contribution in [0.5, 0.6) is 5.75 Å². The molecule has 0 radical (unpaired) electrons. The van der Waals surface area contributed by atoms with E-state index in [2.05, 4.69) is 9.46 Å². The van der Waals surface area contributed by atoms with Crippen LogP contribution in [0.15, 0.2) is 35.2 Å². The molecule has 10 heteroatoms. The number of carbonyl (C=O) groups excluding carboxylic acids is 1. The summed E-state index contributed by atoms with van der Waals surface area (Å²) in [5.41, 5.74) is 0.121. The van der Waals surface area contributed by atoms with Crippen LogP contribution in [-0.4, -0.2) is 28.6 Å². The number of carbonyl (C=O) groups is 1. The smallest absolute Gasteiger partial charge is 0.339 e. The maximum Gasteiger partial charge on any atom is 0.339 e. The minimum Gasteiger partial charge on any atom is -0.495 e. The molecule has 134 valence electrons. The van der Waals surface area contributed by atoms with E-state index < -0.39 is 16.0 Å². The van der Waals surface area contributed by atoms with Gasteiger partial charge >= 0.3 is 5.97 Å². The normalized spacial score (nSPS) is 11.1. The fraction of sp³-hybridized carbons (Fsp3) is 0.133. The van der Waals surface area contributed by atoms with Gasteiger partial charge in [-0.05, 0) is 30.3 Å². The van der Waals surface area contributed by atoms with Crippen molar-refractivity contribution in [2.24, 2.45) is 0 Å². The minimum absolute atomic E-state index is 0.0169. The van der Waals surface area contributed by atoms with Crippen molar-refractivity contribution in [3.05, 3.63) is 51.0 Å². The van der Waals surface area contributed by atoms with E-state index in [0.29, 0.717) is 0 Å². The van der Waals surface area contributed by atoms with Crippen molar-refractivity contribution in [1.82, 2.24) is 0 Å². The van der Waals surface area contributed by atoms with Crippen molar-refractivity contribution in [3.8, 4) is 5.75 Å². The van der Waals surface area contributed by atoms with Gasteiger partial charge in [-0.25, -0.2) is 13.2 Å². The van der Waals surface area contributed by atoms with Gasteiger partial charge in [-0.15, -0.1) is 0 Å². The molecule has 0 aliphatic carbocycles. The Morgan fingerprint density at radius 2 is 1.72 bits per heavy atom. The Morgan fingerprint density at radius 3 is 2.32 bits per heavy atom. The molecule has 25 heavy (non-hydrogen) atoms. The summed E-state index contributed by atoms with van der Waals surface area (Å²) in [6.07, 6.45) is 0. The predicted molar refractivity (Wildman–Crippen MR) is 96.6 cm³/mol. The SMILES string of the molecule is COC(=O)c1cc(NS(=O)(=O)c2ccc(OC)c(Cl)c2Cl)ccc1Cl. The molecular formula is C15H12Cl3NO5S. The van der Waals surface area contributed by atoms with E-state index in [0.717, 1.165) is 0 Å². The summed E-state index contributed by atoms with van der Waals surface area (Å²) in [7, 11) is -1.50. The van der Waals surface area contributed by atoms with Crippen molar-refractivity contribution in [2.45, 2.75) is 4.90 Å². The lowest BCUT2D eigenvalue weighted by Gasteiger charge is -2.13. The molecule has 1 N–H and O–H groups in total. The molecule has 0 spiro atoms. The lowest BCUT2D eigenvalue weighted by molar-refractivity contribution is 0.0601. The fourth-order valence-corrected chi connectivity index (χ4v) is 4.03. The Bertz CT molecular complexity index is 931. The molecule has 2 aromatic carbocycles. The van der Waals surface area contributed by atoms with E-state index >= 15 is 0 Å². The number of hydrogen-bond acceptors (Lipinski definition) is 5. The van der Waals surface area contributed by atoms with Crippen LogP contribution >= 0.6 is 34.8 Å². The van der Waals surface area contributed by atoms with Crippen LogP contribution in [0.1, 0.15) is 10.4 Å². The molecular weight excluding hydrogens is 413 g/mol. The van der Waals surface area contributed by atoms with Gasteiger partial charge in [0.1, 0.15) is 15.7 Å². The van der Waals surface area contributed by atoms with Gasteiger partial charge in [0.05, 0.1) is 29.8 Å². The zero-order valence-corrected chi connectivity index (χ0v) is 16.1. The second-order valence-corrected chi connectivity index (χ2v) is 7.50. The molecule has 0 amide bonds. The van der Waals surface area contributed by atoms with Gasteiger partial charge in [-0.1, -0.05) is 34.8 Å². The zero-order valence-electron chi connectivity index (χ0n) is 13.0. The molecule has 0 bridgehead atoms. The third-order valence-electron chi connectivity index (χ3n) is 3.14. The molecule has 2 rings (SSSR count). The molecule has 0 saturated heterocycles. The number of rotatable bonds is 5. The Labute approximate surface area is 159 Å². The summed E-state index contributed by atoms with van der Waals surface area (Å²) in [4.78, 5) is 11.4. The number of ether oxygens (including phenoxy) is 2. The molecule has 0 atom stereocenters. The molecule has 6 nitrogen and oxygen atoms in total. The Kier molecular flexibility index (Phi) is 6.05. The van der Waals surface area contributed by atoms with Crippen LogP contribution < -0.4 is 9.46 Å². The predicted octanol–water partition coefficient (Wildman–Crippen LogP) is 4.24. The van der Waals surface area contributed by atoms with Crippen molar-refractivity contribution in [2.75, 3.05) is 18.9 Å². The van der Waals surface area contributed by atoms with Crippen LogP contribution in [0.2, 0.25) is 15.1 Å². The van der Waals surface area contributed by atoms with Gasteiger partial charge in [0.25, 0.3) is 10.0 Å². The summed E-state index contributed by atoms with van der Waals surface area (Å²) in [6, 6.07) is 6.65. The zero-order chi connectivity index (χ0) is 18.8. The molecule has 0 aromatic heterocycles. The first-order chi connectivity index (χ1) is 11.7. The third-order valence-corrected chi connectivity index (χ3v) is 5.87. The van der Waals surface area contributed by atoms with Crippen LogP contribution in [0.4, 0.5) is 5.69 Å². The molecule has 0 aliphatic heterocycles. The van der Waals surface area contributed by atoms with Crippen molar-refractivity contribution in [1.29, 1.82) is 0 Å². The summed E-state index contributed by atoms with van der Waals surface area (Å²) in [5, 5.41) is -0.0885. The van der Waals surface area contributed by atoms with Gasteiger partial charge in [-0.3, -0.25) is 4.72 Å².